The van der Waals surface area contributed by atoms with Crippen molar-refractivity contribution in [1.82, 2.24) is 5.32 Å². The van der Waals surface area contributed by atoms with Gasteiger partial charge in [-0.25, -0.2) is 0 Å². The molecule has 2 aliphatic rings. The molecule has 1 atom stereocenters. The number of anilines is 2. The fourth-order valence-corrected chi connectivity index (χ4v) is 3.39. The molecule has 1 aromatic carbocycles. The van der Waals surface area contributed by atoms with Crippen molar-refractivity contribution in [3.8, 4) is 0 Å². The molecule has 0 spiro atoms. The van der Waals surface area contributed by atoms with Gasteiger partial charge in [0.2, 0.25) is 5.91 Å². The average Bonchev–Trinajstić information content (AvgIpc) is 2.56. The van der Waals surface area contributed by atoms with Crippen LogP contribution >= 0.6 is 0 Å². The third-order valence-corrected chi connectivity index (χ3v) is 4.67. The highest BCUT2D eigenvalue weighted by Crippen LogP contribution is 2.26. The first-order valence-corrected chi connectivity index (χ1v) is 8.13. The van der Waals surface area contributed by atoms with Crippen LogP contribution in [0.3, 0.4) is 0 Å². The Balaban J connectivity index is 1.72. The standard InChI is InChI=1S/C17H25N3O/c1-18-16-6-5-13-20(17(16)21)15-9-7-14(8-10-15)19-11-3-2-4-12-19/h7-10,16,18H,2-6,11-13H2,1H3. The van der Waals surface area contributed by atoms with Crippen LogP contribution < -0.4 is 15.1 Å². The number of amides is 1. The quantitative estimate of drug-likeness (QED) is 0.927. The van der Waals surface area contributed by atoms with Crippen LogP contribution in [0, 0.1) is 0 Å². The van der Waals surface area contributed by atoms with E-state index >= 15 is 0 Å². The van der Waals surface area contributed by atoms with E-state index in [0.717, 1.165) is 38.2 Å². The molecule has 114 valence electrons. The Bertz CT molecular complexity index is 479. The third kappa shape index (κ3) is 3.05. The Labute approximate surface area is 127 Å². The molecule has 0 aliphatic carbocycles. The second-order valence-corrected chi connectivity index (χ2v) is 6.04. The fraction of sp³-hybridized carbons (Fsp3) is 0.588. The van der Waals surface area contributed by atoms with Crippen molar-refractivity contribution in [2.45, 2.75) is 38.1 Å². The molecule has 0 aromatic heterocycles. The summed E-state index contributed by atoms with van der Waals surface area (Å²) in [7, 11) is 1.87. The van der Waals surface area contributed by atoms with Crippen molar-refractivity contribution >= 4 is 17.3 Å². The van der Waals surface area contributed by atoms with Crippen LogP contribution in [0.1, 0.15) is 32.1 Å². The number of nitrogens with one attached hydrogen (secondary N) is 1. The van der Waals surface area contributed by atoms with Gasteiger partial charge in [0.25, 0.3) is 0 Å². The molecule has 0 bridgehead atoms. The molecule has 0 radical (unpaired) electrons. The number of nitrogens with zero attached hydrogens (tertiary/aromatic N) is 2. The van der Waals surface area contributed by atoms with Gasteiger partial charge in [0, 0.05) is 31.0 Å². The Kier molecular flexibility index (Phi) is 4.44. The van der Waals surface area contributed by atoms with Crippen molar-refractivity contribution in [2.75, 3.05) is 36.5 Å². The van der Waals surface area contributed by atoms with Crippen LogP contribution in [0.2, 0.25) is 0 Å². The van der Waals surface area contributed by atoms with Gasteiger partial charge in [0.1, 0.15) is 0 Å². The van der Waals surface area contributed by atoms with Crippen molar-refractivity contribution < 1.29 is 4.79 Å². The second-order valence-electron chi connectivity index (χ2n) is 6.04. The lowest BCUT2D eigenvalue weighted by atomic mass is 10.0. The summed E-state index contributed by atoms with van der Waals surface area (Å²) < 4.78 is 0. The molecule has 2 saturated heterocycles. The zero-order valence-electron chi connectivity index (χ0n) is 12.8. The van der Waals surface area contributed by atoms with Crippen LogP contribution in [-0.4, -0.2) is 38.6 Å². The van der Waals surface area contributed by atoms with E-state index in [2.05, 4.69) is 34.5 Å². The molecule has 3 rings (SSSR count). The van der Waals surface area contributed by atoms with E-state index in [-0.39, 0.29) is 11.9 Å². The van der Waals surface area contributed by atoms with Crippen LogP contribution in [-0.2, 0) is 4.79 Å². The van der Waals surface area contributed by atoms with Crippen molar-refractivity contribution in [1.29, 1.82) is 0 Å². The summed E-state index contributed by atoms with van der Waals surface area (Å²) in [6.07, 6.45) is 5.93. The lowest BCUT2D eigenvalue weighted by Gasteiger charge is -2.33. The minimum Gasteiger partial charge on any atom is -0.372 e. The largest absolute Gasteiger partial charge is 0.372 e. The van der Waals surface area contributed by atoms with Crippen molar-refractivity contribution in [3.63, 3.8) is 0 Å². The molecular formula is C17H25N3O. The lowest BCUT2D eigenvalue weighted by molar-refractivity contribution is -0.121. The number of piperidine rings is 2. The van der Waals surface area contributed by atoms with Gasteiger partial charge in [0.15, 0.2) is 0 Å². The summed E-state index contributed by atoms with van der Waals surface area (Å²) in [5.41, 5.74) is 2.31. The summed E-state index contributed by atoms with van der Waals surface area (Å²) >= 11 is 0. The first kappa shape index (κ1) is 14.4. The highest BCUT2D eigenvalue weighted by Gasteiger charge is 2.28. The Morgan fingerprint density at radius 3 is 2.29 bits per heavy atom. The molecule has 2 fully saturated rings. The van der Waals surface area contributed by atoms with Gasteiger partial charge in [-0.05, 0) is 63.4 Å². The summed E-state index contributed by atoms with van der Waals surface area (Å²) in [6, 6.07) is 8.49. The number of hydrogen-bond donors (Lipinski definition) is 1. The smallest absolute Gasteiger partial charge is 0.244 e. The summed E-state index contributed by atoms with van der Waals surface area (Å²) in [6.45, 7) is 3.15. The van der Waals surface area contributed by atoms with Crippen LogP contribution in [0.5, 0.6) is 0 Å². The molecule has 1 amide bonds. The summed E-state index contributed by atoms with van der Waals surface area (Å²) in [4.78, 5) is 16.8. The minimum absolute atomic E-state index is 0.0273. The number of likely N-dealkylation sites (N-methyl/N-ethyl adjacent to an activating group) is 1. The van der Waals surface area contributed by atoms with Gasteiger partial charge in [-0.1, -0.05) is 0 Å². The maximum absolute atomic E-state index is 12.4. The number of carbonyl (C=O) groups excluding carboxylic acids is 1. The van der Waals surface area contributed by atoms with Crippen molar-refractivity contribution in [2.24, 2.45) is 0 Å². The molecule has 1 N–H and O–H groups in total. The lowest BCUT2D eigenvalue weighted by Crippen LogP contribution is -2.49. The van der Waals surface area contributed by atoms with Crippen molar-refractivity contribution in [3.05, 3.63) is 24.3 Å². The van der Waals surface area contributed by atoms with Gasteiger partial charge >= 0.3 is 0 Å². The predicted octanol–water partition coefficient (Wildman–Crippen LogP) is 2.39. The van der Waals surface area contributed by atoms with E-state index in [4.69, 9.17) is 0 Å². The molecule has 1 unspecified atom stereocenters. The normalized spacial score (nSPS) is 23.5. The molecular weight excluding hydrogens is 262 g/mol. The summed E-state index contributed by atoms with van der Waals surface area (Å²) in [5.74, 6) is 0.203. The zero-order valence-corrected chi connectivity index (χ0v) is 12.8. The number of carbonyl (C=O) groups is 1. The molecule has 1 aromatic rings. The molecule has 21 heavy (non-hydrogen) atoms. The predicted molar refractivity (Wildman–Crippen MR) is 86.9 cm³/mol. The first-order valence-electron chi connectivity index (χ1n) is 8.13. The Morgan fingerprint density at radius 1 is 0.952 bits per heavy atom. The second kappa shape index (κ2) is 6.48. The highest BCUT2D eigenvalue weighted by atomic mass is 16.2. The number of benzene rings is 1. The van der Waals surface area contributed by atoms with E-state index < -0.39 is 0 Å². The van der Waals surface area contributed by atoms with Gasteiger partial charge < -0.3 is 15.1 Å². The summed E-state index contributed by atoms with van der Waals surface area (Å²) in [5, 5.41) is 3.12. The van der Waals surface area contributed by atoms with Gasteiger partial charge in [-0.2, -0.15) is 0 Å². The van der Waals surface area contributed by atoms with E-state index in [0.29, 0.717) is 0 Å². The van der Waals surface area contributed by atoms with Gasteiger partial charge in [0.05, 0.1) is 6.04 Å². The third-order valence-electron chi connectivity index (χ3n) is 4.67. The fourth-order valence-electron chi connectivity index (χ4n) is 3.39. The molecule has 4 nitrogen and oxygen atoms in total. The maximum Gasteiger partial charge on any atom is 0.244 e. The maximum atomic E-state index is 12.4. The molecule has 2 heterocycles. The number of hydrogen-bond acceptors (Lipinski definition) is 3. The molecule has 2 aliphatic heterocycles. The van der Waals surface area contributed by atoms with Crippen LogP contribution in [0.15, 0.2) is 24.3 Å². The van der Waals surface area contributed by atoms with E-state index in [9.17, 15) is 4.79 Å². The Morgan fingerprint density at radius 2 is 1.62 bits per heavy atom. The van der Waals surface area contributed by atoms with Gasteiger partial charge in [-0.3, -0.25) is 4.79 Å². The topological polar surface area (TPSA) is 35.6 Å². The molecule has 0 saturated carbocycles. The van der Waals surface area contributed by atoms with E-state index in [1.165, 1.54) is 24.9 Å². The SMILES string of the molecule is CNC1CCCN(c2ccc(N3CCCCC3)cc2)C1=O. The monoisotopic (exact) mass is 287 g/mol. The van der Waals surface area contributed by atoms with Gasteiger partial charge in [-0.15, -0.1) is 0 Å². The minimum atomic E-state index is -0.0273. The average molecular weight is 287 g/mol. The van der Waals surface area contributed by atoms with Crippen LogP contribution in [0.25, 0.3) is 0 Å². The number of rotatable bonds is 3. The molecule has 4 heteroatoms. The van der Waals surface area contributed by atoms with E-state index in [1.807, 2.05) is 11.9 Å². The highest BCUT2D eigenvalue weighted by molar-refractivity contribution is 5.98. The van der Waals surface area contributed by atoms with Crippen LogP contribution in [0.4, 0.5) is 11.4 Å². The Hall–Kier alpha value is -1.55. The van der Waals surface area contributed by atoms with E-state index in [1.54, 1.807) is 0 Å². The zero-order chi connectivity index (χ0) is 14.7. The first-order chi connectivity index (χ1) is 10.3.